The number of benzene rings is 1. The fourth-order valence-electron chi connectivity index (χ4n) is 5.03. The van der Waals surface area contributed by atoms with Crippen LogP contribution in [0, 0.1) is 17.8 Å². The van der Waals surface area contributed by atoms with Gasteiger partial charge in [-0.25, -0.2) is 0 Å². The third-order valence-electron chi connectivity index (χ3n) is 6.47. The van der Waals surface area contributed by atoms with Gasteiger partial charge in [0, 0.05) is 31.6 Å². The quantitative estimate of drug-likeness (QED) is 0.781. The van der Waals surface area contributed by atoms with E-state index in [1.165, 1.54) is 0 Å². The van der Waals surface area contributed by atoms with Crippen LogP contribution in [0.2, 0.25) is 0 Å². The van der Waals surface area contributed by atoms with Crippen molar-refractivity contribution in [2.24, 2.45) is 17.8 Å². The first-order valence-corrected chi connectivity index (χ1v) is 9.57. The van der Waals surface area contributed by atoms with Crippen molar-refractivity contribution in [3.63, 3.8) is 0 Å². The van der Waals surface area contributed by atoms with Gasteiger partial charge in [0.05, 0.1) is 0 Å². The highest BCUT2D eigenvalue weighted by atomic mass is 16.3. The Hall–Kier alpha value is -1.65. The van der Waals surface area contributed by atoms with E-state index >= 15 is 0 Å². The molecule has 3 aliphatic rings. The summed E-state index contributed by atoms with van der Waals surface area (Å²) in [7, 11) is 0. The van der Waals surface area contributed by atoms with Gasteiger partial charge in [0.1, 0.15) is 0 Å². The van der Waals surface area contributed by atoms with E-state index in [2.05, 4.69) is 11.9 Å². The van der Waals surface area contributed by atoms with Crippen molar-refractivity contribution in [1.82, 2.24) is 10.2 Å². The number of hydrogen-bond donors (Lipinski definition) is 2. The van der Waals surface area contributed by atoms with Crippen molar-refractivity contribution in [1.29, 1.82) is 0 Å². The SMILES string of the molecule is C=CCNC1C2CN(C(=O)C(O)(c3ccccc3)C3CCCC3)CC21. The lowest BCUT2D eigenvalue weighted by molar-refractivity contribution is -0.158. The summed E-state index contributed by atoms with van der Waals surface area (Å²) < 4.78 is 0. The fraction of sp³-hybridized carbons (Fsp3) is 0.571. The summed E-state index contributed by atoms with van der Waals surface area (Å²) in [6.07, 6.45) is 5.95. The average molecular weight is 340 g/mol. The van der Waals surface area contributed by atoms with Gasteiger partial charge < -0.3 is 15.3 Å². The maximum atomic E-state index is 13.4. The summed E-state index contributed by atoms with van der Waals surface area (Å²) in [6, 6.07) is 10.1. The van der Waals surface area contributed by atoms with Gasteiger partial charge in [-0.3, -0.25) is 4.79 Å². The molecule has 1 aromatic carbocycles. The van der Waals surface area contributed by atoms with Crippen molar-refractivity contribution >= 4 is 5.91 Å². The molecule has 0 spiro atoms. The predicted molar refractivity (Wildman–Crippen MR) is 97.8 cm³/mol. The van der Waals surface area contributed by atoms with Crippen LogP contribution in [-0.4, -0.2) is 41.6 Å². The maximum Gasteiger partial charge on any atom is 0.259 e. The van der Waals surface area contributed by atoms with Crippen LogP contribution < -0.4 is 5.32 Å². The summed E-state index contributed by atoms with van der Waals surface area (Å²) in [5, 5.41) is 15.1. The highest BCUT2D eigenvalue weighted by molar-refractivity contribution is 5.87. The molecule has 3 atom stereocenters. The van der Waals surface area contributed by atoms with Crippen molar-refractivity contribution in [3.8, 4) is 0 Å². The molecule has 2 aliphatic carbocycles. The standard InChI is InChI=1S/C21H28N2O2/c1-2-12-22-19-17-13-23(14-18(17)19)20(24)21(25,16-10-6-7-11-16)15-8-4-3-5-9-15/h2-5,8-9,16-19,22,25H,1,6-7,10-14H2. The van der Waals surface area contributed by atoms with Gasteiger partial charge in [-0.2, -0.15) is 0 Å². The van der Waals surface area contributed by atoms with Crippen molar-refractivity contribution in [2.75, 3.05) is 19.6 Å². The van der Waals surface area contributed by atoms with E-state index in [1.807, 2.05) is 41.3 Å². The van der Waals surface area contributed by atoms with E-state index in [0.717, 1.165) is 50.9 Å². The molecule has 2 saturated carbocycles. The van der Waals surface area contributed by atoms with Gasteiger partial charge in [0.2, 0.25) is 0 Å². The second-order valence-corrected chi connectivity index (χ2v) is 7.87. The van der Waals surface area contributed by atoms with Gasteiger partial charge in [-0.1, -0.05) is 49.2 Å². The van der Waals surface area contributed by atoms with E-state index in [1.54, 1.807) is 0 Å². The molecular formula is C21H28N2O2. The lowest BCUT2D eigenvalue weighted by atomic mass is 9.79. The first-order valence-electron chi connectivity index (χ1n) is 9.57. The molecule has 3 unspecified atom stereocenters. The van der Waals surface area contributed by atoms with E-state index in [0.29, 0.717) is 17.9 Å². The fourth-order valence-corrected chi connectivity index (χ4v) is 5.03. The molecule has 0 aromatic heterocycles. The predicted octanol–water partition coefficient (Wildman–Crippen LogP) is 2.30. The number of amides is 1. The number of rotatable bonds is 6. The monoisotopic (exact) mass is 340 g/mol. The number of aliphatic hydroxyl groups is 1. The molecule has 2 N–H and O–H groups in total. The van der Waals surface area contributed by atoms with Crippen LogP contribution in [0.1, 0.15) is 31.2 Å². The highest BCUT2D eigenvalue weighted by Gasteiger charge is 2.59. The zero-order valence-corrected chi connectivity index (χ0v) is 14.7. The van der Waals surface area contributed by atoms with Crippen LogP contribution in [0.5, 0.6) is 0 Å². The number of nitrogens with zero attached hydrogens (tertiary/aromatic N) is 1. The summed E-state index contributed by atoms with van der Waals surface area (Å²) >= 11 is 0. The number of likely N-dealkylation sites (tertiary alicyclic amines) is 1. The second kappa shape index (κ2) is 6.58. The molecule has 4 heteroatoms. The number of carbonyl (C=O) groups is 1. The lowest BCUT2D eigenvalue weighted by Crippen LogP contribution is -2.51. The largest absolute Gasteiger partial charge is 0.375 e. The van der Waals surface area contributed by atoms with Crippen molar-refractivity contribution < 1.29 is 9.90 Å². The van der Waals surface area contributed by atoms with Gasteiger partial charge in [-0.15, -0.1) is 6.58 Å². The van der Waals surface area contributed by atoms with Gasteiger partial charge >= 0.3 is 0 Å². The molecule has 4 rings (SSSR count). The summed E-state index contributed by atoms with van der Waals surface area (Å²) in [5.41, 5.74) is -0.604. The van der Waals surface area contributed by atoms with Gasteiger partial charge in [0.25, 0.3) is 5.91 Å². The zero-order valence-electron chi connectivity index (χ0n) is 14.7. The molecule has 0 radical (unpaired) electrons. The number of nitrogens with one attached hydrogen (secondary N) is 1. The zero-order chi connectivity index (χ0) is 17.4. The Bertz CT molecular complexity index is 629. The molecule has 25 heavy (non-hydrogen) atoms. The van der Waals surface area contributed by atoms with Gasteiger partial charge in [-0.05, 0) is 30.2 Å². The van der Waals surface area contributed by atoms with Crippen LogP contribution >= 0.6 is 0 Å². The topological polar surface area (TPSA) is 52.6 Å². The van der Waals surface area contributed by atoms with Gasteiger partial charge in [0.15, 0.2) is 5.60 Å². The Balaban J connectivity index is 1.51. The molecule has 1 amide bonds. The number of carbonyl (C=O) groups excluding carboxylic acids is 1. The first kappa shape index (κ1) is 16.8. The number of hydrogen-bond acceptors (Lipinski definition) is 3. The van der Waals surface area contributed by atoms with Crippen LogP contribution in [0.15, 0.2) is 43.0 Å². The molecule has 0 bridgehead atoms. The van der Waals surface area contributed by atoms with E-state index in [-0.39, 0.29) is 11.8 Å². The van der Waals surface area contributed by atoms with Crippen LogP contribution in [0.25, 0.3) is 0 Å². The first-order chi connectivity index (χ1) is 12.2. The summed E-state index contributed by atoms with van der Waals surface area (Å²) in [5.74, 6) is 1.02. The van der Waals surface area contributed by atoms with E-state index in [9.17, 15) is 9.90 Å². The maximum absolute atomic E-state index is 13.4. The third-order valence-corrected chi connectivity index (χ3v) is 6.47. The third kappa shape index (κ3) is 2.81. The van der Waals surface area contributed by atoms with Crippen LogP contribution in [0.4, 0.5) is 0 Å². The smallest absolute Gasteiger partial charge is 0.259 e. The minimum atomic E-state index is -1.36. The normalized spacial score (nSPS) is 30.8. The Morgan fingerprint density at radius 2 is 1.88 bits per heavy atom. The Labute approximate surface area is 149 Å². The van der Waals surface area contributed by atoms with E-state index in [4.69, 9.17) is 0 Å². The van der Waals surface area contributed by atoms with Crippen molar-refractivity contribution in [2.45, 2.75) is 37.3 Å². The molecule has 1 aliphatic heterocycles. The minimum Gasteiger partial charge on any atom is -0.375 e. The summed E-state index contributed by atoms with van der Waals surface area (Å²) in [6.45, 7) is 6.10. The molecule has 1 saturated heterocycles. The molecular weight excluding hydrogens is 312 g/mol. The molecule has 134 valence electrons. The summed E-state index contributed by atoms with van der Waals surface area (Å²) in [4.78, 5) is 15.3. The molecule has 3 fully saturated rings. The lowest BCUT2D eigenvalue weighted by Gasteiger charge is -2.37. The number of piperidine rings is 1. The van der Waals surface area contributed by atoms with Crippen molar-refractivity contribution in [3.05, 3.63) is 48.6 Å². The molecule has 4 nitrogen and oxygen atoms in total. The minimum absolute atomic E-state index is 0.0361. The number of fused-ring (bicyclic) bond motifs is 1. The van der Waals surface area contributed by atoms with Crippen LogP contribution in [-0.2, 0) is 10.4 Å². The molecule has 1 heterocycles. The highest BCUT2D eigenvalue weighted by Crippen LogP contribution is 2.48. The molecule has 1 aromatic rings. The second-order valence-electron chi connectivity index (χ2n) is 7.87. The van der Waals surface area contributed by atoms with E-state index < -0.39 is 5.60 Å². The average Bonchev–Trinajstić information content (AvgIpc) is 3.09. The Morgan fingerprint density at radius 1 is 1.24 bits per heavy atom. The Morgan fingerprint density at radius 3 is 2.48 bits per heavy atom. The Kier molecular flexibility index (Phi) is 4.42. The van der Waals surface area contributed by atoms with Crippen LogP contribution in [0.3, 0.4) is 0 Å².